The van der Waals surface area contributed by atoms with E-state index in [1.165, 1.54) is 6.07 Å². The summed E-state index contributed by atoms with van der Waals surface area (Å²) < 4.78 is 37.6. The number of benzene rings is 1. The molecule has 1 aromatic rings. The van der Waals surface area contributed by atoms with Crippen molar-refractivity contribution in [2.24, 2.45) is 0 Å². The third-order valence-electron chi connectivity index (χ3n) is 2.14. The Hall–Kier alpha value is -1.50. The van der Waals surface area contributed by atoms with Crippen molar-refractivity contribution < 1.29 is 13.2 Å². The third kappa shape index (κ3) is 2.30. The van der Waals surface area contributed by atoms with Crippen LogP contribution in [-0.2, 0) is 6.18 Å². The molecule has 0 aromatic heterocycles. The molecule has 1 nitrogen and oxygen atoms in total. The van der Waals surface area contributed by atoms with Gasteiger partial charge in [0.05, 0.1) is 11.1 Å². The van der Waals surface area contributed by atoms with E-state index in [0.29, 0.717) is 5.56 Å². The fourth-order valence-electron chi connectivity index (χ4n) is 1.41. The standard InChI is InChI=1S/C11H10F3N/c1-7(2)8-4-3-5-10(9(8)6-15)11(12,13)14/h3-5,7H,1-2H3. The van der Waals surface area contributed by atoms with Crippen LogP contribution in [0, 0.1) is 11.3 Å². The number of halogens is 3. The molecule has 1 rings (SSSR count). The zero-order valence-corrected chi connectivity index (χ0v) is 8.39. The van der Waals surface area contributed by atoms with Gasteiger partial charge in [-0.05, 0) is 17.5 Å². The molecule has 0 unspecified atom stereocenters. The highest BCUT2D eigenvalue weighted by Gasteiger charge is 2.34. The maximum atomic E-state index is 12.5. The normalized spacial score (nSPS) is 11.5. The maximum Gasteiger partial charge on any atom is 0.417 e. The molecule has 0 saturated heterocycles. The second-order valence-electron chi connectivity index (χ2n) is 3.53. The fraction of sp³-hybridized carbons (Fsp3) is 0.364. The van der Waals surface area contributed by atoms with E-state index < -0.39 is 11.7 Å². The Balaban J connectivity index is 3.44. The quantitative estimate of drug-likeness (QED) is 0.697. The van der Waals surface area contributed by atoms with Gasteiger partial charge in [-0.2, -0.15) is 18.4 Å². The third-order valence-corrected chi connectivity index (χ3v) is 2.14. The molecule has 0 heterocycles. The minimum Gasteiger partial charge on any atom is -0.192 e. The van der Waals surface area contributed by atoms with Crippen molar-refractivity contribution in [1.29, 1.82) is 5.26 Å². The van der Waals surface area contributed by atoms with Crippen LogP contribution in [0.2, 0.25) is 0 Å². The lowest BCUT2D eigenvalue weighted by Gasteiger charge is -2.13. The zero-order chi connectivity index (χ0) is 11.6. The monoisotopic (exact) mass is 213 g/mol. The first-order valence-corrected chi connectivity index (χ1v) is 4.48. The molecule has 0 atom stereocenters. The van der Waals surface area contributed by atoms with E-state index in [4.69, 9.17) is 5.26 Å². The van der Waals surface area contributed by atoms with Gasteiger partial charge < -0.3 is 0 Å². The molecule has 0 aliphatic carbocycles. The van der Waals surface area contributed by atoms with Crippen LogP contribution in [0.1, 0.15) is 36.5 Å². The van der Waals surface area contributed by atoms with Gasteiger partial charge in [0.2, 0.25) is 0 Å². The van der Waals surface area contributed by atoms with Gasteiger partial charge in [0.25, 0.3) is 0 Å². The van der Waals surface area contributed by atoms with Gasteiger partial charge in [0.1, 0.15) is 6.07 Å². The predicted molar refractivity (Wildman–Crippen MR) is 50.2 cm³/mol. The van der Waals surface area contributed by atoms with Gasteiger partial charge in [0, 0.05) is 0 Å². The largest absolute Gasteiger partial charge is 0.417 e. The molecule has 0 bridgehead atoms. The fourth-order valence-corrected chi connectivity index (χ4v) is 1.41. The van der Waals surface area contributed by atoms with Gasteiger partial charge in [-0.25, -0.2) is 0 Å². The van der Waals surface area contributed by atoms with Crippen LogP contribution in [0.25, 0.3) is 0 Å². The molecular weight excluding hydrogens is 203 g/mol. The van der Waals surface area contributed by atoms with E-state index in [1.54, 1.807) is 26.0 Å². The van der Waals surface area contributed by atoms with Crippen LogP contribution >= 0.6 is 0 Å². The Kier molecular flexibility index (Phi) is 3.04. The first-order chi connectivity index (χ1) is 6.88. The minimum atomic E-state index is -4.46. The zero-order valence-electron chi connectivity index (χ0n) is 8.39. The lowest BCUT2D eigenvalue weighted by Crippen LogP contribution is -2.10. The van der Waals surface area contributed by atoms with Crippen LogP contribution in [0.15, 0.2) is 18.2 Å². The average Bonchev–Trinajstić information content (AvgIpc) is 2.15. The smallest absolute Gasteiger partial charge is 0.192 e. The Bertz CT molecular complexity index is 399. The number of nitrogens with zero attached hydrogens (tertiary/aromatic N) is 1. The summed E-state index contributed by atoms with van der Waals surface area (Å²) in [6.45, 7) is 3.52. The lowest BCUT2D eigenvalue weighted by molar-refractivity contribution is -0.137. The molecule has 1 aromatic carbocycles. The Labute approximate surface area is 86.1 Å². The van der Waals surface area contributed by atoms with Crippen molar-refractivity contribution in [1.82, 2.24) is 0 Å². The summed E-state index contributed by atoms with van der Waals surface area (Å²) in [4.78, 5) is 0. The number of nitriles is 1. The van der Waals surface area contributed by atoms with E-state index in [9.17, 15) is 13.2 Å². The first kappa shape index (κ1) is 11.6. The molecule has 15 heavy (non-hydrogen) atoms. The molecule has 0 spiro atoms. The second-order valence-corrected chi connectivity index (χ2v) is 3.53. The van der Waals surface area contributed by atoms with Crippen LogP contribution in [0.3, 0.4) is 0 Å². The van der Waals surface area contributed by atoms with E-state index in [0.717, 1.165) is 6.07 Å². The van der Waals surface area contributed by atoms with Gasteiger partial charge in [-0.1, -0.05) is 26.0 Å². The molecule has 0 saturated carbocycles. The SMILES string of the molecule is CC(C)c1cccc(C(F)(F)F)c1C#N. The average molecular weight is 213 g/mol. The van der Waals surface area contributed by atoms with Gasteiger partial charge in [-0.15, -0.1) is 0 Å². The Morgan fingerprint density at radius 1 is 1.27 bits per heavy atom. The predicted octanol–water partition coefficient (Wildman–Crippen LogP) is 3.70. The minimum absolute atomic E-state index is 0.0954. The summed E-state index contributed by atoms with van der Waals surface area (Å²) in [5.41, 5.74) is -0.677. The molecule has 0 N–H and O–H groups in total. The van der Waals surface area contributed by atoms with Gasteiger partial charge >= 0.3 is 6.18 Å². The highest BCUT2D eigenvalue weighted by atomic mass is 19.4. The Morgan fingerprint density at radius 2 is 1.87 bits per heavy atom. The van der Waals surface area contributed by atoms with Crippen molar-refractivity contribution in [3.05, 3.63) is 34.9 Å². The number of alkyl halides is 3. The summed E-state index contributed by atoms with van der Waals surface area (Å²) in [5.74, 6) is -0.0954. The van der Waals surface area contributed by atoms with Gasteiger partial charge in [0.15, 0.2) is 0 Å². The molecule has 0 aliphatic rings. The number of hydrogen-bond donors (Lipinski definition) is 0. The van der Waals surface area contributed by atoms with E-state index >= 15 is 0 Å². The molecule has 80 valence electrons. The lowest BCUT2D eigenvalue weighted by atomic mass is 9.94. The topological polar surface area (TPSA) is 23.8 Å². The van der Waals surface area contributed by atoms with Crippen LogP contribution < -0.4 is 0 Å². The van der Waals surface area contributed by atoms with Crippen molar-refractivity contribution in [2.75, 3.05) is 0 Å². The Morgan fingerprint density at radius 3 is 2.27 bits per heavy atom. The van der Waals surface area contributed by atoms with E-state index in [-0.39, 0.29) is 11.5 Å². The van der Waals surface area contributed by atoms with Crippen LogP contribution in [0.5, 0.6) is 0 Å². The molecule has 0 amide bonds. The first-order valence-electron chi connectivity index (χ1n) is 4.48. The second kappa shape index (κ2) is 3.93. The van der Waals surface area contributed by atoms with Crippen LogP contribution in [0.4, 0.5) is 13.2 Å². The molecule has 4 heteroatoms. The number of rotatable bonds is 1. The molecule has 0 radical (unpaired) electrons. The number of hydrogen-bond acceptors (Lipinski definition) is 1. The highest BCUT2D eigenvalue weighted by molar-refractivity contribution is 5.47. The maximum absolute atomic E-state index is 12.5. The van der Waals surface area contributed by atoms with E-state index in [2.05, 4.69) is 0 Å². The van der Waals surface area contributed by atoms with Gasteiger partial charge in [-0.3, -0.25) is 0 Å². The van der Waals surface area contributed by atoms with Crippen LogP contribution in [-0.4, -0.2) is 0 Å². The highest BCUT2D eigenvalue weighted by Crippen LogP contribution is 2.34. The van der Waals surface area contributed by atoms with Crippen molar-refractivity contribution in [3.8, 4) is 6.07 Å². The molecular formula is C11H10F3N. The van der Waals surface area contributed by atoms with E-state index in [1.807, 2.05) is 0 Å². The molecule has 0 aliphatic heterocycles. The summed E-state index contributed by atoms with van der Waals surface area (Å²) >= 11 is 0. The van der Waals surface area contributed by atoms with Crippen molar-refractivity contribution >= 4 is 0 Å². The molecule has 0 fully saturated rings. The van der Waals surface area contributed by atoms with Crippen molar-refractivity contribution in [3.63, 3.8) is 0 Å². The summed E-state index contributed by atoms with van der Waals surface area (Å²) in [6.07, 6.45) is -4.46. The summed E-state index contributed by atoms with van der Waals surface area (Å²) in [6, 6.07) is 5.45. The summed E-state index contributed by atoms with van der Waals surface area (Å²) in [5, 5.41) is 8.76. The summed E-state index contributed by atoms with van der Waals surface area (Å²) in [7, 11) is 0. The van der Waals surface area contributed by atoms with Crippen molar-refractivity contribution in [2.45, 2.75) is 25.9 Å².